The van der Waals surface area contributed by atoms with Crippen molar-refractivity contribution in [1.82, 2.24) is 4.90 Å². The lowest BCUT2D eigenvalue weighted by Gasteiger charge is -2.23. The van der Waals surface area contributed by atoms with Crippen LogP contribution in [-0.4, -0.2) is 40.5 Å². The van der Waals surface area contributed by atoms with E-state index in [2.05, 4.69) is 22.4 Å². The molecular weight excluding hydrogens is 264 g/mol. The van der Waals surface area contributed by atoms with E-state index in [4.69, 9.17) is 9.84 Å². The summed E-state index contributed by atoms with van der Waals surface area (Å²) in [5, 5.41) is 11.3. The zero-order valence-electron chi connectivity index (χ0n) is 10.9. The summed E-state index contributed by atoms with van der Waals surface area (Å²) in [5.74, 6) is 0.664. The highest BCUT2D eigenvalue weighted by molar-refractivity contribution is 7.78. The molecule has 0 saturated carbocycles. The van der Waals surface area contributed by atoms with Gasteiger partial charge in [-0.2, -0.15) is 4.99 Å². The molecule has 0 unspecified atom stereocenters. The Morgan fingerprint density at radius 3 is 2.58 bits per heavy atom. The topological polar surface area (TPSA) is 62.1 Å². The lowest BCUT2D eigenvalue weighted by Crippen LogP contribution is -2.38. The molecule has 102 valence electrons. The number of nitrogens with zero attached hydrogens (tertiary/aromatic N) is 2. The summed E-state index contributed by atoms with van der Waals surface area (Å²) in [4.78, 5) is 16.1. The molecule has 6 heteroatoms. The third-order valence-electron chi connectivity index (χ3n) is 2.48. The standard InChI is InChI=1S/C13H16N2O3S/c1-10(2)15(13(16)17)7-8-18-12-5-3-11(4-6-12)14-9-19/h3-6,10H,7-8H2,1-2H3,(H,16,17). The van der Waals surface area contributed by atoms with Gasteiger partial charge in [0, 0.05) is 6.04 Å². The minimum Gasteiger partial charge on any atom is -0.492 e. The number of ether oxygens (including phenoxy) is 1. The predicted octanol–water partition coefficient (Wildman–Crippen LogP) is 3.19. The van der Waals surface area contributed by atoms with Gasteiger partial charge in [-0.05, 0) is 50.3 Å². The molecule has 0 aliphatic rings. The maximum atomic E-state index is 10.9. The highest BCUT2D eigenvalue weighted by Gasteiger charge is 2.14. The lowest BCUT2D eigenvalue weighted by atomic mass is 10.3. The van der Waals surface area contributed by atoms with Gasteiger partial charge in [0.15, 0.2) is 0 Å². The summed E-state index contributed by atoms with van der Waals surface area (Å²) < 4.78 is 5.48. The molecule has 19 heavy (non-hydrogen) atoms. The van der Waals surface area contributed by atoms with E-state index in [0.29, 0.717) is 24.6 Å². The van der Waals surface area contributed by atoms with Gasteiger partial charge in [0.05, 0.1) is 17.4 Å². The van der Waals surface area contributed by atoms with Crippen molar-refractivity contribution in [2.45, 2.75) is 19.9 Å². The van der Waals surface area contributed by atoms with Gasteiger partial charge in [-0.3, -0.25) is 0 Å². The van der Waals surface area contributed by atoms with Gasteiger partial charge in [-0.15, -0.1) is 0 Å². The number of amides is 1. The number of isothiocyanates is 1. The van der Waals surface area contributed by atoms with Crippen LogP contribution < -0.4 is 4.74 Å². The monoisotopic (exact) mass is 280 g/mol. The van der Waals surface area contributed by atoms with Crippen LogP contribution in [0.2, 0.25) is 0 Å². The summed E-state index contributed by atoms with van der Waals surface area (Å²) in [5.41, 5.74) is 0.705. The van der Waals surface area contributed by atoms with Crippen LogP contribution in [0.3, 0.4) is 0 Å². The van der Waals surface area contributed by atoms with Crippen LogP contribution in [0, 0.1) is 0 Å². The first-order chi connectivity index (χ1) is 9.04. The van der Waals surface area contributed by atoms with Gasteiger partial charge in [-0.25, -0.2) is 4.79 Å². The van der Waals surface area contributed by atoms with Crippen LogP contribution in [0.25, 0.3) is 0 Å². The van der Waals surface area contributed by atoms with Crippen molar-refractivity contribution in [3.05, 3.63) is 24.3 Å². The number of carbonyl (C=O) groups is 1. The van der Waals surface area contributed by atoms with Crippen molar-refractivity contribution in [1.29, 1.82) is 0 Å². The number of hydrogen-bond acceptors (Lipinski definition) is 4. The van der Waals surface area contributed by atoms with Crippen LogP contribution in [0.15, 0.2) is 29.3 Å². The van der Waals surface area contributed by atoms with Crippen molar-refractivity contribution >= 4 is 29.2 Å². The molecule has 0 radical (unpaired) electrons. The first-order valence-electron chi connectivity index (χ1n) is 5.85. The molecule has 1 aromatic rings. The Morgan fingerprint density at radius 1 is 1.47 bits per heavy atom. The second kappa shape index (κ2) is 7.51. The molecular formula is C13H16N2O3S. The fraction of sp³-hybridized carbons (Fsp3) is 0.385. The van der Waals surface area contributed by atoms with Gasteiger partial charge in [0.1, 0.15) is 12.4 Å². The number of benzene rings is 1. The molecule has 0 aliphatic carbocycles. The maximum absolute atomic E-state index is 10.9. The van der Waals surface area contributed by atoms with E-state index < -0.39 is 6.09 Å². The van der Waals surface area contributed by atoms with E-state index in [1.54, 1.807) is 24.3 Å². The fourth-order valence-corrected chi connectivity index (χ4v) is 1.61. The third-order valence-corrected chi connectivity index (χ3v) is 2.57. The molecule has 0 atom stereocenters. The molecule has 1 rings (SSSR count). The van der Waals surface area contributed by atoms with Gasteiger partial charge < -0.3 is 14.7 Å². The van der Waals surface area contributed by atoms with E-state index in [0.717, 1.165) is 0 Å². The number of aliphatic imine (C=N–C) groups is 1. The van der Waals surface area contributed by atoms with Crippen LogP contribution in [-0.2, 0) is 0 Å². The molecule has 0 aromatic heterocycles. The summed E-state index contributed by atoms with van der Waals surface area (Å²) >= 11 is 4.51. The van der Waals surface area contributed by atoms with E-state index in [9.17, 15) is 4.79 Å². The molecule has 0 bridgehead atoms. The van der Waals surface area contributed by atoms with Gasteiger partial charge in [0.25, 0.3) is 0 Å². The average Bonchev–Trinajstić information content (AvgIpc) is 2.36. The predicted molar refractivity (Wildman–Crippen MR) is 76.5 cm³/mol. The highest BCUT2D eigenvalue weighted by Crippen LogP contribution is 2.17. The Labute approximate surface area is 117 Å². The minimum absolute atomic E-state index is 0.0691. The minimum atomic E-state index is -0.940. The lowest BCUT2D eigenvalue weighted by molar-refractivity contribution is 0.121. The van der Waals surface area contributed by atoms with Crippen LogP contribution in [0.5, 0.6) is 5.75 Å². The van der Waals surface area contributed by atoms with E-state index in [1.807, 2.05) is 13.8 Å². The summed E-state index contributed by atoms with van der Waals surface area (Å²) in [6, 6.07) is 6.95. The van der Waals surface area contributed by atoms with Crippen LogP contribution in [0.1, 0.15) is 13.8 Å². The zero-order chi connectivity index (χ0) is 14.3. The first-order valence-corrected chi connectivity index (χ1v) is 6.25. The Bertz CT molecular complexity index is 467. The number of rotatable bonds is 6. The normalized spacial score (nSPS) is 9.84. The second-order valence-corrected chi connectivity index (χ2v) is 4.30. The van der Waals surface area contributed by atoms with Crippen molar-refractivity contribution in [3.63, 3.8) is 0 Å². The summed E-state index contributed by atoms with van der Waals surface area (Å²) in [6.07, 6.45) is -0.940. The largest absolute Gasteiger partial charge is 0.492 e. The molecule has 0 aliphatic heterocycles. The Morgan fingerprint density at radius 2 is 2.11 bits per heavy atom. The van der Waals surface area contributed by atoms with Crippen molar-refractivity contribution in [3.8, 4) is 5.75 Å². The Kier molecular flexibility index (Phi) is 5.99. The van der Waals surface area contributed by atoms with Crippen LogP contribution in [0.4, 0.5) is 10.5 Å². The number of thiocarbonyl (C=S) groups is 1. The number of carboxylic acid groups (broad SMARTS) is 1. The summed E-state index contributed by atoms with van der Waals surface area (Å²) in [7, 11) is 0. The van der Waals surface area contributed by atoms with Gasteiger partial charge >= 0.3 is 6.09 Å². The van der Waals surface area contributed by atoms with Crippen molar-refractivity contribution in [2.75, 3.05) is 13.2 Å². The molecule has 0 fully saturated rings. The first kappa shape index (κ1) is 15.1. The number of hydrogen-bond donors (Lipinski definition) is 1. The smallest absolute Gasteiger partial charge is 0.407 e. The van der Waals surface area contributed by atoms with Crippen molar-refractivity contribution in [2.24, 2.45) is 4.99 Å². The SMILES string of the molecule is CC(C)N(CCOc1ccc(N=C=S)cc1)C(=O)O. The zero-order valence-corrected chi connectivity index (χ0v) is 11.7. The molecule has 0 saturated heterocycles. The molecule has 0 heterocycles. The molecule has 5 nitrogen and oxygen atoms in total. The second-order valence-electron chi connectivity index (χ2n) is 4.12. The van der Waals surface area contributed by atoms with E-state index in [1.165, 1.54) is 4.90 Å². The molecule has 1 amide bonds. The van der Waals surface area contributed by atoms with E-state index >= 15 is 0 Å². The summed E-state index contributed by atoms with van der Waals surface area (Å²) in [6.45, 7) is 4.28. The van der Waals surface area contributed by atoms with Gasteiger partial charge in [0.2, 0.25) is 0 Å². The highest BCUT2D eigenvalue weighted by atomic mass is 32.1. The van der Waals surface area contributed by atoms with E-state index in [-0.39, 0.29) is 6.04 Å². The fourth-order valence-electron chi connectivity index (χ4n) is 1.51. The van der Waals surface area contributed by atoms with Crippen LogP contribution >= 0.6 is 12.2 Å². The average molecular weight is 280 g/mol. The maximum Gasteiger partial charge on any atom is 0.407 e. The molecule has 0 spiro atoms. The molecule has 1 N–H and O–H groups in total. The molecule has 1 aromatic carbocycles. The Balaban J connectivity index is 2.48. The van der Waals surface area contributed by atoms with Crippen molar-refractivity contribution < 1.29 is 14.6 Å². The third kappa shape index (κ3) is 5.07. The Hall–Kier alpha value is -1.91. The van der Waals surface area contributed by atoms with Gasteiger partial charge in [-0.1, -0.05) is 0 Å². The quantitative estimate of drug-likeness (QED) is 0.642.